The summed E-state index contributed by atoms with van der Waals surface area (Å²) in [7, 11) is 0. The van der Waals surface area contributed by atoms with Gasteiger partial charge in [-0.05, 0) is 26.3 Å². The average molecular weight is 257 g/mol. The Hall–Kier alpha value is -2.36. The molecule has 1 aromatic heterocycles. The molecule has 2 rings (SSSR count). The summed E-state index contributed by atoms with van der Waals surface area (Å²) in [4.78, 5) is 25.6. The molecule has 0 amide bonds. The number of carboxylic acid groups (broad SMARTS) is 1. The predicted molar refractivity (Wildman–Crippen MR) is 72.7 cm³/mol. The molecule has 98 valence electrons. The number of aromatic nitrogens is 1. The molecule has 0 aliphatic heterocycles. The summed E-state index contributed by atoms with van der Waals surface area (Å²) in [5.74, 6) is -0.959. The van der Waals surface area contributed by atoms with Crippen LogP contribution in [0.3, 0.4) is 0 Å². The molecule has 0 saturated carbocycles. The van der Waals surface area contributed by atoms with Crippen LogP contribution >= 0.6 is 0 Å². The number of aromatic amines is 1. The molecule has 0 bridgehead atoms. The summed E-state index contributed by atoms with van der Waals surface area (Å²) in [6.45, 7) is 5.08. The van der Waals surface area contributed by atoms with Crippen LogP contribution in [-0.2, 0) is 0 Å². The van der Waals surface area contributed by atoms with Crippen molar-refractivity contribution in [3.05, 3.63) is 46.8 Å². The molecular formula is C15H15NO3. The number of rotatable bonds is 3. The monoisotopic (exact) mass is 257 g/mol. The minimum absolute atomic E-state index is 0.00743. The Balaban J connectivity index is 2.58. The topological polar surface area (TPSA) is 70.2 Å². The van der Waals surface area contributed by atoms with Crippen LogP contribution in [0, 0.1) is 13.8 Å². The molecule has 19 heavy (non-hydrogen) atoms. The van der Waals surface area contributed by atoms with E-state index in [-0.39, 0.29) is 11.3 Å². The molecule has 1 aromatic carbocycles. The van der Waals surface area contributed by atoms with E-state index < -0.39 is 5.97 Å². The van der Waals surface area contributed by atoms with E-state index in [0.29, 0.717) is 16.8 Å². The molecule has 2 N–H and O–H groups in total. The Labute approximate surface area is 111 Å². The molecule has 4 nitrogen and oxygen atoms in total. The second-order valence-corrected chi connectivity index (χ2v) is 4.56. The Morgan fingerprint density at radius 2 is 1.63 bits per heavy atom. The first-order valence-electron chi connectivity index (χ1n) is 5.95. The van der Waals surface area contributed by atoms with Gasteiger partial charge in [0.05, 0.1) is 5.56 Å². The predicted octanol–water partition coefficient (Wildman–Crippen LogP) is 3.20. The Bertz CT molecular complexity index is 651. The number of carboxylic acids is 1. The normalized spacial score (nSPS) is 10.5. The van der Waals surface area contributed by atoms with E-state index in [0.717, 1.165) is 11.3 Å². The van der Waals surface area contributed by atoms with Gasteiger partial charge in [0.25, 0.3) is 0 Å². The maximum absolute atomic E-state index is 11.3. The van der Waals surface area contributed by atoms with E-state index in [9.17, 15) is 14.7 Å². The molecule has 0 aliphatic rings. The van der Waals surface area contributed by atoms with Crippen molar-refractivity contribution in [2.75, 3.05) is 0 Å². The summed E-state index contributed by atoms with van der Waals surface area (Å²) >= 11 is 0. The molecule has 0 spiro atoms. The van der Waals surface area contributed by atoms with Crippen molar-refractivity contribution < 1.29 is 14.7 Å². The lowest BCUT2D eigenvalue weighted by atomic mass is 9.99. The largest absolute Gasteiger partial charge is 0.478 e. The summed E-state index contributed by atoms with van der Waals surface area (Å²) in [6, 6.07) is 6.98. The van der Waals surface area contributed by atoms with Gasteiger partial charge >= 0.3 is 5.97 Å². The highest BCUT2D eigenvalue weighted by atomic mass is 16.4. The number of aromatic carboxylic acids is 1. The van der Waals surface area contributed by atoms with Gasteiger partial charge in [-0.15, -0.1) is 0 Å². The van der Waals surface area contributed by atoms with Crippen molar-refractivity contribution in [1.29, 1.82) is 0 Å². The smallest absolute Gasteiger partial charge is 0.338 e. The molecular weight excluding hydrogens is 242 g/mol. The number of hydrogen-bond acceptors (Lipinski definition) is 2. The van der Waals surface area contributed by atoms with Crippen LogP contribution in [0.4, 0.5) is 0 Å². The zero-order valence-electron chi connectivity index (χ0n) is 11.1. The highest BCUT2D eigenvalue weighted by molar-refractivity contribution is 5.99. The standard InChI is InChI=1S/C15H15NO3/c1-8-13(14(15(18)19)9(2)16-8)12-6-4-11(5-7-12)10(3)17/h4-7,16H,1-3H3,(H,18,19). The van der Waals surface area contributed by atoms with Crippen molar-refractivity contribution in [1.82, 2.24) is 4.98 Å². The number of carbonyl (C=O) groups is 2. The van der Waals surface area contributed by atoms with E-state index in [1.807, 2.05) is 6.92 Å². The summed E-state index contributed by atoms with van der Waals surface area (Å²) < 4.78 is 0. The van der Waals surface area contributed by atoms with Gasteiger partial charge < -0.3 is 10.1 Å². The quantitative estimate of drug-likeness (QED) is 0.829. The Morgan fingerprint density at radius 3 is 2.11 bits per heavy atom. The van der Waals surface area contributed by atoms with E-state index in [4.69, 9.17) is 0 Å². The highest BCUT2D eigenvalue weighted by Gasteiger charge is 2.19. The molecule has 0 atom stereocenters. The fraction of sp³-hybridized carbons (Fsp3) is 0.200. The minimum Gasteiger partial charge on any atom is -0.478 e. The number of nitrogens with one attached hydrogen (secondary N) is 1. The molecule has 0 radical (unpaired) electrons. The first kappa shape index (κ1) is 13.1. The van der Waals surface area contributed by atoms with Crippen LogP contribution < -0.4 is 0 Å². The highest BCUT2D eigenvalue weighted by Crippen LogP contribution is 2.30. The van der Waals surface area contributed by atoms with Crippen LogP contribution in [0.5, 0.6) is 0 Å². The van der Waals surface area contributed by atoms with Gasteiger partial charge in [-0.3, -0.25) is 4.79 Å². The molecule has 0 saturated heterocycles. The summed E-state index contributed by atoms with van der Waals surface area (Å²) in [5, 5.41) is 9.29. The van der Waals surface area contributed by atoms with Gasteiger partial charge in [-0.1, -0.05) is 24.3 Å². The van der Waals surface area contributed by atoms with Crippen LogP contribution in [0.2, 0.25) is 0 Å². The van der Waals surface area contributed by atoms with Crippen molar-refractivity contribution in [2.24, 2.45) is 0 Å². The number of aryl methyl sites for hydroxylation is 2. The average Bonchev–Trinajstić information content (AvgIpc) is 2.64. The third-order valence-corrected chi connectivity index (χ3v) is 3.17. The number of Topliss-reactive ketones (excluding diaryl/α,β-unsaturated/α-hetero) is 1. The number of carbonyl (C=O) groups excluding carboxylic acids is 1. The van der Waals surface area contributed by atoms with Crippen LogP contribution in [0.15, 0.2) is 24.3 Å². The van der Waals surface area contributed by atoms with Crippen molar-refractivity contribution >= 4 is 11.8 Å². The Kier molecular flexibility index (Phi) is 3.25. The molecule has 0 aliphatic carbocycles. The molecule has 1 heterocycles. The summed E-state index contributed by atoms with van der Waals surface area (Å²) in [5.41, 5.74) is 3.82. The van der Waals surface area contributed by atoms with Gasteiger partial charge in [-0.2, -0.15) is 0 Å². The van der Waals surface area contributed by atoms with E-state index in [1.165, 1.54) is 6.92 Å². The van der Waals surface area contributed by atoms with E-state index >= 15 is 0 Å². The lowest BCUT2D eigenvalue weighted by Crippen LogP contribution is -1.99. The second kappa shape index (κ2) is 4.72. The zero-order valence-corrected chi connectivity index (χ0v) is 11.1. The fourth-order valence-electron chi connectivity index (χ4n) is 2.28. The van der Waals surface area contributed by atoms with Crippen molar-refractivity contribution in [3.63, 3.8) is 0 Å². The minimum atomic E-state index is -0.951. The van der Waals surface area contributed by atoms with E-state index in [2.05, 4.69) is 4.98 Å². The second-order valence-electron chi connectivity index (χ2n) is 4.56. The first-order chi connectivity index (χ1) is 8.91. The van der Waals surface area contributed by atoms with Crippen molar-refractivity contribution in [2.45, 2.75) is 20.8 Å². The molecule has 0 fully saturated rings. The maximum Gasteiger partial charge on any atom is 0.338 e. The number of benzene rings is 1. The lowest BCUT2D eigenvalue weighted by Gasteiger charge is -2.04. The van der Waals surface area contributed by atoms with Gasteiger partial charge in [0.2, 0.25) is 0 Å². The number of ketones is 1. The third kappa shape index (κ3) is 2.29. The molecule has 4 heteroatoms. The molecule has 2 aromatic rings. The summed E-state index contributed by atoms with van der Waals surface area (Å²) in [6.07, 6.45) is 0. The van der Waals surface area contributed by atoms with Crippen LogP contribution in [-0.4, -0.2) is 21.8 Å². The van der Waals surface area contributed by atoms with Gasteiger partial charge in [-0.25, -0.2) is 4.79 Å². The van der Waals surface area contributed by atoms with Crippen LogP contribution in [0.1, 0.15) is 39.0 Å². The molecule has 0 unspecified atom stereocenters. The SMILES string of the molecule is CC(=O)c1ccc(-c2c(C)[nH]c(C)c2C(=O)O)cc1. The number of H-pyrrole nitrogens is 1. The third-order valence-electron chi connectivity index (χ3n) is 3.17. The lowest BCUT2D eigenvalue weighted by molar-refractivity contribution is 0.0697. The fourth-order valence-corrected chi connectivity index (χ4v) is 2.28. The van der Waals surface area contributed by atoms with Gasteiger partial charge in [0, 0.05) is 22.5 Å². The Morgan fingerprint density at radius 1 is 1.05 bits per heavy atom. The maximum atomic E-state index is 11.3. The number of hydrogen-bond donors (Lipinski definition) is 2. The zero-order chi connectivity index (χ0) is 14.2. The van der Waals surface area contributed by atoms with Crippen LogP contribution in [0.25, 0.3) is 11.1 Å². The van der Waals surface area contributed by atoms with Gasteiger partial charge in [0.1, 0.15) is 0 Å². The van der Waals surface area contributed by atoms with E-state index in [1.54, 1.807) is 31.2 Å². The van der Waals surface area contributed by atoms with Crippen molar-refractivity contribution in [3.8, 4) is 11.1 Å². The van der Waals surface area contributed by atoms with Gasteiger partial charge in [0.15, 0.2) is 5.78 Å². The first-order valence-corrected chi connectivity index (χ1v) is 5.95.